The van der Waals surface area contributed by atoms with Crippen LogP contribution in [0, 0.1) is 0 Å². The lowest BCUT2D eigenvalue weighted by Gasteiger charge is -2.45. The number of anilines is 6. The van der Waals surface area contributed by atoms with E-state index in [1.54, 1.807) is 0 Å². The first-order valence-corrected chi connectivity index (χ1v) is 31.7. The Balaban J connectivity index is 1.04. The smallest absolute Gasteiger partial charge is 0.252 e. The summed E-state index contributed by atoms with van der Waals surface area (Å²) in [6, 6.07) is 102. The fourth-order valence-corrected chi connectivity index (χ4v) is 14.8. The minimum Gasteiger partial charge on any atom is -0.311 e. The minimum atomic E-state index is -0.0793. The van der Waals surface area contributed by atoms with Crippen LogP contribution < -0.4 is 26.2 Å². The molecule has 0 radical (unpaired) electrons. The summed E-state index contributed by atoms with van der Waals surface area (Å²) in [5, 5.41) is 0. The van der Waals surface area contributed by atoms with Crippen LogP contribution in [0.5, 0.6) is 0 Å². The second-order valence-electron chi connectivity index (χ2n) is 24.5. The molecule has 87 heavy (non-hydrogen) atoms. The third kappa shape index (κ3) is 10.1. The molecule has 0 spiro atoms. The van der Waals surface area contributed by atoms with E-state index in [-0.39, 0.29) is 6.71 Å². The molecule has 0 N–H and O–H groups in total. The summed E-state index contributed by atoms with van der Waals surface area (Å²) in [7, 11) is 0. The van der Waals surface area contributed by atoms with E-state index < -0.39 is 0 Å². The summed E-state index contributed by atoms with van der Waals surface area (Å²) in [6.07, 6.45) is 12.5. The Morgan fingerprint density at radius 1 is 0.276 bits per heavy atom. The highest BCUT2D eigenvalue weighted by Crippen LogP contribution is 2.50. The van der Waals surface area contributed by atoms with Crippen molar-refractivity contribution in [2.45, 2.75) is 76.0 Å². The van der Waals surface area contributed by atoms with Crippen molar-refractivity contribution < 1.29 is 0 Å². The Morgan fingerprint density at radius 2 is 0.621 bits per heavy atom. The van der Waals surface area contributed by atoms with Gasteiger partial charge in [0.05, 0.1) is 11.4 Å². The predicted octanol–water partition coefficient (Wildman–Crippen LogP) is 20.3. The van der Waals surface area contributed by atoms with Crippen molar-refractivity contribution >= 4 is 57.2 Å². The molecule has 0 bridgehead atoms. The van der Waals surface area contributed by atoms with Gasteiger partial charge in [-0.3, -0.25) is 0 Å². The monoisotopic (exact) mass is 1120 g/mol. The van der Waals surface area contributed by atoms with Crippen LogP contribution in [-0.4, -0.2) is 16.7 Å². The average molecular weight is 1120 g/mol. The van der Waals surface area contributed by atoms with Gasteiger partial charge in [0.25, 0.3) is 6.71 Å². The van der Waals surface area contributed by atoms with Crippen LogP contribution in [0.2, 0.25) is 0 Å². The molecule has 0 atom stereocenters. The maximum atomic E-state index is 5.66. The van der Waals surface area contributed by atoms with E-state index in [0.717, 1.165) is 50.8 Å². The highest BCUT2D eigenvalue weighted by atomic mass is 15.2. The van der Waals surface area contributed by atoms with Gasteiger partial charge in [-0.25, -0.2) is 9.97 Å². The zero-order chi connectivity index (χ0) is 57.6. The van der Waals surface area contributed by atoms with E-state index in [1.165, 1.54) is 148 Å². The third-order valence-corrected chi connectivity index (χ3v) is 19.2. The zero-order valence-electron chi connectivity index (χ0n) is 49.1. The lowest BCUT2D eigenvalue weighted by atomic mass is 9.33. The van der Waals surface area contributed by atoms with Crippen molar-refractivity contribution in [1.82, 2.24) is 9.97 Å². The topological polar surface area (TPSA) is 32.3 Å². The van der Waals surface area contributed by atoms with Gasteiger partial charge in [0, 0.05) is 50.8 Å². The van der Waals surface area contributed by atoms with Crippen molar-refractivity contribution in [3.05, 3.63) is 284 Å². The summed E-state index contributed by atoms with van der Waals surface area (Å²) in [4.78, 5) is 16.3. The van der Waals surface area contributed by atoms with Crippen LogP contribution in [0.15, 0.2) is 273 Å². The quantitative estimate of drug-likeness (QED) is 0.121. The molecule has 2 aliphatic heterocycles. The predicted molar refractivity (Wildman–Crippen MR) is 366 cm³/mol. The summed E-state index contributed by atoms with van der Waals surface area (Å²) in [6.45, 7) is -0.0793. The first kappa shape index (κ1) is 52.7. The van der Waals surface area contributed by atoms with Gasteiger partial charge < -0.3 is 9.80 Å². The molecular formula is C82H67BN4. The van der Waals surface area contributed by atoms with Crippen LogP contribution in [0.25, 0.3) is 78.4 Å². The largest absolute Gasteiger partial charge is 0.311 e. The number of hydrogen-bond acceptors (Lipinski definition) is 4. The summed E-state index contributed by atoms with van der Waals surface area (Å²) >= 11 is 0. The fraction of sp³-hybridized carbons (Fsp3) is 0.146. The first-order valence-electron chi connectivity index (χ1n) is 31.7. The zero-order valence-corrected chi connectivity index (χ0v) is 49.1. The van der Waals surface area contributed by atoms with Crippen molar-refractivity contribution in [2.75, 3.05) is 9.80 Å². The number of hydrogen-bond donors (Lipinski definition) is 0. The van der Waals surface area contributed by atoms with Gasteiger partial charge in [0.15, 0.2) is 5.82 Å². The molecule has 4 nitrogen and oxygen atoms in total. The third-order valence-electron chi connectivity index (χ3n) is 19.2. The Hall–Kier alpha value is -9.84. The van der Waals surface area contributed by atoms with E-state index in [9.17, 15) is 0 Å². The highest BCUT2D eigenvalue weighted by molar-refractivity contribution is 7.00. The number of rotatable bonds is 11. The molecular weight excluding hydrogens is 1050 g/mol. The Kier molecular flexibility index (Phi) is 13.9. The maximum Gasteiger partial charge on any atom is 0.252 e. The molecule has 1 aromatic heterocycles. The van der Waals surface area contributed by atoms with Crippen LogP contribution in [0.1, 0.15) is 87.2 Å². The Bertz CT molecular complexity index is 4070. The molecule has 11 aromatic carbocycles. The normalized spacial score (nSPS) is 14.7. The lowest BCUT2D eigenvalue weighted by molar-refractivity contribution is 0.444. The summed E-state index contributed by atoms with van der Waals surface area (Å²) in [5.74, 6) is 1.70. The number of benzene rings is 11. The van der Waals surface area contributed by atoms with Crippen LogP contribution in [-0.2, 0) is 0 Å². The molecule has 0 unspecified atom stereocenters. The van der Waals surface area contributed by atoms with Crippen molar-refractivity contribution in [2.24, 2.45) is 0 Å². The molecule has 2 saturated carbocycles. The van der Waals surface area contributed by atoms with Crippen molar-refractivity contribution in [1.29, 1.82) is 0 Å². The van der Waals surface area contributed by atoms with Crippen molar-refractivity contribution in [3.63, 3.8) is 0 Å². The van der Waals surface area contributed by atoms with Gasteiger partial charge in [0.2, 0.25) is 0 Å². The standard InChI is InChI=1S/C82H67BN4/c1-9-25-56(26-10-1)64-41-43-73-77(51-64)86(71-47-66(58-29-13-3-14-30-58)45-67(48-71)59-31-15-4-16-32-59)79-53-70(76-55-75(62-37-21-7-22-38-62)84-82(85-76)63-39-23-8-24-40-63)54-80-81(79)83(73)74-44-42-65(57-27-11-2-12-28-57)52-78(74)87(80)72-49-68(60-33-17-5-18-34-60)46-69(50-72)61-35-19-6-20-36-61/h3-8,13-24,29-57H,1-2,9-12,25-28H2. The molecule has 12 aromatic rings. The number of nitrogens with zero attached hydrogens (tertiary/aromatic N) is 4. The molecule has 4 aliphatic rings. The number of fused-ring (bicyclic) bond motifs is 4. The average Bonchev–Trinajstić information content (AvgIpc) is 1.23. The van der Waals surface area contributed by atoms with Crippen LogP contribution in [0.3, 0.4) is 0 Å². The minimum absolute atomic E-state index is 0.0793. The summed E-state index contributed by atoms with van der Waals surface area (Å²) in [5.41, 5.74) is 28.1. The summed E-state index contributed by atoms with van der Waals surface area (Å²) < 4.78 is 0. The van der Waals surface area contributed by atoms with Crippen LogP contribution >= 0.6 is 0 Å². The Morgan fingerprint density at radius 3 is 1.00 bits per heavy atom. The van der Waals surface area contributed by atoms with E-state index in [4.69, 9.17) is 9.97 Å². The van der Waals surface area contributed by atoms with E-state index >= 15 is 0 Å². The van der Waals surface area contributed by atoms with E-state index in [1.807, 2.05) is 0 Å². The molecule has 16 rings (SSSR count). The molecule has 5 heteroatoms. The SMILES string of the molecule is c1ccc(-c2cc(-c3ccccc3)cc(N3c4cc(C5CCCCC5)ccc4B4c5ccc(C6CCCCC6)cc5N(c5cc(-c6ccccc6)cc(-c6ccccc6)c5)c5cc(-c6cc(-c7ccccc7)nc(-c7ccccc7)n6)cc3c54)c2)cc1. The van der Waals surface area contributed by atoms with Crippen LogP contribution in [0.4, 0.5) is 34.1 Å². The first-order chi connectivity index (χ1) is 43.1. The second-order valence-corrected chi connectivity index (χ2v) is 24.5. The van der Waals surface area contributed by atoms with Gasteiger partial charge in [-0.2, -0.15) is 0 Å². The molecule has 2 fully saturated rings. The van der Waals surface area contributed by atoms with Gasteiger partial charge >= 0.3 is 0 Å². The molecule has 0 amide bonds. The van der Waals surface area contributed by atoms with Gasteiger partial charge in [0.1, 0.15) is 0 Å². The Labute approximate surface area is 512 Å². The van der Waals surface area contributed by atoms with E-state index in [2.05, 4.69) is 283 Å². The second kappa shape index (κ2) is 22.9. The fourth-order valence-electron chi connectivity index (χ4n) is 14.8. The highest BCUT2D eigenvalue weighted by Gasteiger charge is 2.45. The van der Waals surface area contributed by atoms with E-state index in [0.29, 0.717) is 17.7 Å². The molecule has 2 aliphatic carbocycles. The van der Waals surface area contributed by atoms with Gasteiger partial charge in [-0.15, -0.1) is 0 Å². The van der Waals surface area contributed by atoms with Crippen molar-refractivity contribution in [3.8, 4) is 78.4 Å². The molecule has 418 valence electrons. The number of aromatic nitrogens is 2. The molecule has 3 heterocycles. The maximum absolute atomic E-state index is 5.66. The van der Waals surface area contributed by atoms with Gasteiger partial charge in [-0.05, 0) is 176 Å². The molecule has 0 saturated heterocycles. The van der Waals surface area contributed by atoms with Gasteiger partial charge in [-0.1, -0.05) is 245 Å². The lowest BCUT2D eigenvalue weighted by Crippen LogP contribution is -2.61.